The number of nitrogens with one attached hydrogen (secondary N) is 2. The van der Waals surface area contributed by atoms with Gasteiger partial charge in [-0.25, -0.2) is 4.79 Å². The van der Waals surface area contributed by atoms with Gasteiger partial charge in [0.25, 0.3) is 5.91 Å². The number of fused-ring (bicyclic) bond motifs is 1. The summed E-state index contributed by atoms with van der Waals surface area (Å²) in [4.78, 5) is 23.0. The van der Waals surface area contributed by atoms with Crippen molar-refractivity contribution in [1.82, 2.24) is 5.32 Å². The molecule has 1 atom stereocenters. The molecule has 0 bridgehead atoms. The molecule has 0 radical (unpaired) electrons. The number of para-hydroxylation sites is 1. The van der Waals surface area contributed by atoms with E-state index in [2.05, 4.69) is 10.6 Å². The second kappa shape index (κ2) is 5.08. The van der Waals surface area contributed by atoms with Gasteiger partial charge in [0.1, 0.15) is 6.04 Å². The number of hydrogen-bond acceptors (Lipinski definition) is 3. The molecule has 1 aliphatic rings. The van der Waals surface area contributed by atoms with E-state index in [0.29, 0.717) is 12.0 Å². The van der Waals surface area contributed by atoms with E-state index >= 15 is 0 Å². The van der Waals surface area contributed by atoms with E-state index in [1.54, 1.807) is 13.0 Å². The summed E-state index contributed by atoms with van der Waals surface area (Å²) in [6.07, 6.45) is 1.26. The number of amides is 1. The molecule has 96 valence electrons. The molecule has 1 amide bonds. The SMILES string of the molecule is CC[C@H](NC(=O)c1cccc2c1NCC2)C(=O)O. The molecule has 0 aliphatic carbocycles. The summed E-state index contributed by atoms with van der Waals surface area (Å²) >= 11 is 0. The van der Waals surface area contributed by atoms with Crippen LogP contribution in [0.1, 0.15) is 29.3 Å². The summed E-state index contributed by atoms with van der Waals surface area (Å²) in [6, 6.07) is 4.67. The van der Waals surface area contributed by atoms with Crippen LogP contribution >= 0.6 is 0 Å². The van der Waals surface area contributed by atoms with Crippen LogP contribution in [0.3, 0.4) is 0 Å². The highest BCUT2D eigenvalue weighted by molar-refractivity contribution is 6.02. The number of aliphatic carboxylic acids is 1. The van der Waals surface area contributed by atoms with Crippen molar-refractivity contribution in [2.75, 3.05) is 11.9 Å². The van der Waals surface area contributed by atoms with Gasteiger partial charge in [-0.2, -0.15) is 0 Å². The molecule has 18 heavy (non-hydrogen) atoms. The van der Waals surface area contributed by atoms with Gasteiger partial charge in [-0.1, -0.05) is 19.1 Å². The first-order chi connectivity index (χ1) is 8.63. The Kier molecular flexibility index (Phi) is 3.50. The van der Waals surface area contributed by atoms with Crippen LogP contribution < -0.4 is 10.6 Å². The summed E-state index contributed by atoms with van der Waals surface area (Å²) in [5.74, 6) is -1.35. The fraction of sp³-hybridized carbons (Fsp3) is 0.385. The van der Waals surface area contributed by atoms with Crippen molar-refractivity contribution in [2.24, 2.45) is 0 Å². The van der Waals surface area contributed by atoms with Crippen LogP contribution in [-0.2, 0) is 11.2 Å². The average molecular weight is 248 g/mol. The molecule has 0 fully saturated rings. The van der Waals surface area contributed by atoms with E-state index in [1.165, 1.54) is 0 Å². The third kappa shape index (κ3) is 2.30. The lowest BCUT2D eigenvalue weighted by molar-refractivity contribution is -0.139. The molecule has 0 spiro atoms. The van der Waals surface area contributed by atoms with Gasteiger partial charge in [-0.3, -0.25) is 4.79 Å². The predicted octanol–water partition coefficient (Wildman–Crippen LogP) is 1.25. The van der Waals surface area contributed by atoms with E-state index in [4.69, 9.17) is 5.11 Å². The highest BCUT2D eigenvalue weighted by atomic mass is 16.4. The maximum atomic E-state index is 12.1. The van der Waals surface area contributed by atoms with Crippen LogP contribution in [0.5, 0.6) is 0 Å². The molecule has 0 aromatic heterocycles. The fourth-order valence-corrected chi connectivity index (χ4v) is 2.10. The number of carbonyl (C=O) groups excluding carboxylic acids is 1. The molecular weight excluding hydrogens is 232 g/mol. The van der Waals surface area contributed by atoms with Crippen molar-refractivity contribution >= 4 is 17.6 Å². The maximum Gasteiger partial charge on any atom is 0.326 e. The number of rotatable bonds is 4. The second-order valence-corrected chi connectivity index (χ2v) is 4.29. The molecule has 0 saturated carbocycles. The van der Waals surface area contributed by atoms with Crippen molar-refractivity contribution in [3.63, 3.8) is 0 Å². The summed E-state index contributed by atoms with van der Waals surface area (Å²) in [5.41, 5.74) is 2.45. The molecule has 5 heteroatoms. The van der Waals surface area contributed by atoms with Crippen LogP contribution in [0.15, 0.2) is 18.2 Å². The molecule has 1 heterocycles. The standard InChI is InChI=1S/C13H16N2O3/c1-2-10(13(17)18)15-12(16)9-5-3-4-8-6-7-14-11(8)9/h3-5,10,14H,2,6-7H2,1H3,(H,15,16)(H,17,18)/t10-/m0/s1. The first-order valence-corrected chi connectivity index (χ1v) is 6.03. The molecule has 2 rings (SSSR count). The minimum Gasteiger partial charge on any atom is -0.480 e. The lowest BCUT2D eigenvalue weighted by atomic mass is 10.1. The Bertz CT molecular complexity index is 485. The van der Waals surface area contributed by atoms with Gasteiger partial charge in [0.2, 0.25) is 0 Å². The lowest BCUT2D eigenvalue weighted by Gasteiger charge is -2.14. The normalized spacial score (nSPS) is 14.5. The molecule has 3 N–H and O–H groups in total. The smallest absolute Gasteiger partial charge is 0.326 e. The van der Waals surface area contributed by atoms with Crippen molar-refractivity contribution < 1.29 is 14.7 Å². The maximum absolute atomic E-state index is 12.1. The topological polar surface area (TPSA) is 78.4 Å². The van der Waals surface area contributed by atoms with E-state index in [-0.39, 0.29) is 5.91 Å². The van der Waals surface area contributed by atoms with Gasteiger partial charge in [-0.05, 0) is 24.5 Å². The molecule has 0 saturated heterocycles. The van der Waals surface area contributed by atoms with E-state index in [1.807, 2.05) is 12.1 Å². The Labute approximate surface area is 105 Å². The molecule has 1 aromatic rings. The summed E-state index contributed by atoms with van der Waals surface area (Å²) in [6.45, 7) is 2.54. The average Bonchev–Trinajstić information content (AvgIpc) is 2.82. The minimum absolute atomic E-state index is 0.337. The Hall–Kier alpha value is -2.04. The number of benzene rings is 1. The Balaban J connectivity index is 2.19. The first kappa shape index (κ1) is 12.4. The van der Waals surface area contributed by atoms with Gasteiger partial charge in [0, 0.05) is 6.54 Å². The Morgan fingerprint density at radius 3 is 2.94 bits per heavy atom. The zero-order chi connectivity index (χ0) is 13.1. The largest absolute Gasteiger partial charge is 0.480 e. The van der Waals surface area contributed by atoms with E-state index < -0.39 is 12.0 Å². The van der Waals surface area contributed by atoms with Crippen LogP contribution in [0, 0.1) is 0 Å². The number of hydrogen-bond donors (Lipinski definition) is 3. The van der Waals surface area contributed by atoms with Crippen LogP contribution in [0.4, 0.5) is 5.69 Å². The van der Waals surface area contributed by atoms with Crippen molar-refractivity contribution in [1.29, 1.82) is 0 Å². The van der Waals surface area contributed by atoms with Crippen LogP contribution in [-0.4, -0.2) is 29.6 Å². The molecule has 5 nitrogen and oxygen atoms in total. The third-order valence-corrected chi connectivity index (χ3v) is 3.10. The molecule has 1 aromatic carbocycles. The summed E-state index contributed by atoms with van der Waals surface area (Å²) < 4.78 is 0. The van der Waals surface area contributed by atoms with Crippen LogP contribution in [0.2, 0.25) is 0 Å². The van der Waals surface area contributed by atoms with Crippen molar-refractivity contribution in [3.8, 4) is 0 Å². The van der Waals surface area contributed by atoms with Gasteiger partial charge >= 0.3 is 5.97 Å². The van der Waals surface area contributed by atoms with Gasteiger partial charge < -0.3 is 15.7 Å². The lowest BCUT2D eigenvalue weighted by Crippen LogP contribution is -2.40. The monoisotopic (exact) mass is 248 g/mol. The number of anilines is 1. The van der Waals surface area contributed by atoms with Gasteiger partial charge in [0.15, 0.2) is 0 Å². The number of carboxylic acids is 1. The molecular formula is C13H16N2O3. The van der Waals surface area contributed by atoms with Crippen LogP contribution in [0.25, 0.3) is 0 Å². The number of carbonyl (C=O) groups is 2. The number of carboxylic acid groups (broad SMARTS) is 1. The fourth-order valence-electron chi connectivity index (χ4n) is 2.10. The Morgan fingerprint density at radius 1 is 1.50 bits per heavy atom. The van der Waals surface area contributed by atoms with Gasteiger partial charge in [0.05, 0.1) is 11.3 Å². The zero-order valence-corrected chi connectivity index (χ0v) is 10.2. The van der Waals surface area contributed by atoms with E-state index in [0.717, 1.165) is 24.2 Å². The van der Waals surface area contributed by atoms with Gasteiger partial charge in [-0.15, -0.1) is 0 Å². The zero-order valence-electron chi connectivity index (χ0n) is 10.2. The Morgan fingerprint density at radius 2 is 2.28 bits per heavy atom. The summed E-state index contributed by atoms with van der Waals surface area (Å²) in [5, 5.41) is 14.6. The minimum atomic E-state index is -1.01. The third-order valence-electron chi connectivity index (χ3n) is 3.10. The van der Waals surface area contributed by atoms with Crippen molar-refractivity contribution in [3.05, 3.63) is 29.3 Å². The first-order valence-electron chi connectivity index (χ1n) is 6.03. The molecule has 0 unspecified atom stereocenters. The van der Waals surface area contributed by atoms with Crippen molar-refractivity contribution in [2.45, 2.75) is 25.8 Å². The molecule has 1 aliphatic heterocycles. The van der Waals surface area contributed by atoms with E-state index in [9.17, 15) is 9.59 Å². The highest BCUT2D eigenvalue weighted by Gasteiger charge is 2.22. The quantitative estimate of drug-likeness (QED) is 0.749. The highest BCUT2D eigenvalue weighted by Crippen LogP contribution is 2.26. The summed E-state index contributed by atoms with van der Waals surface area (Å²) in [7, 11) is 0. The second-order valence-electron chi connectivity index (χ2n) is 4.29. The predicted molar refractivity (Wildman–Crippen MR) is 67.8 cm³/mol.